The van der Waals surface area contributed by atoms with E-state index < -0.39 is 0 Å². The lowest BCUT2D eigenvalue weighted by Gasteiger charge is -2.05. The van der Waals surface area contributed by atoms with Gasteiger partial charge in [-0.2, -0.15) is 5.10 Å². The van der Waals surface area contributed by atoms with Crippen LogP contribution in [0.5, 0.6) is 0 Å². The molecule has 2 aromatic carbocycles. The number of hydrogen-bond acceptors (Lipinski definition) is 5. The van der Waals surface area contributed by atoms with Crippen molar-refractivity contribution in [3.8, 4) is 0 Å². The van der Waals surface area contributed by atoms with Crippen LogP contribution in [0.3, 0.4) is 0 Å². The Balaban J connectivity index is 1.51. The molecule has 0 aliphatic heterocycles. The lowest BCUT2D eigenvalue weighted by atomic mass is 10.1. The summed E-state index contributed by atoms with van der Waals surface area (Å²) in [7, 11) is 0. The van der Waals surface area contributed by atoms with Gasteiger partial charge in [0.15, 0.2) is 0 Å². The van der Waals surface area contributed by atoms with Crippen LogP contribution in [0.4, 0.5) is 0 Å². The lowest BCUT2D eigenvalue weighted by Crippen LogP contribution is -2.30. The normalized spacial score (nSPS) is 11.5. The fraction of sp³-hybridized carbons (Fsp3) is 0.143. The summed E-state index contributed by atoms with van der Waals surface area (Å²) >= 11 is 1.48. The Hall–Kier alpha value is -3.32. The number of nitrogens with zero attached hydrogens (tertiary/aromatic N) is 3. The first-order chi connectivity index (χ1) is 13.5. The van der Waals surface area contributed by atoms with Crippen LogP contribution in [-0.4, -0.2) is 21.7 Å². The van der Waals surface area contributed by atoms with E-state index in [2.05, 4.69) is 15.5 Å². The molecular formula is C21H18N4O2S. The van der Waals surface area contributed by atoms with Gasteiger partial charge in [-0.25, -0.2) is 10.4 Å². The molecule has 28 heavy (non-hydrogen) atoms. The highest BCUT2D eigenvalue weighted by molar-refractivity contribution is 7.18. The van der Waals surface area contributed by atoms with Gasteiger partial charge in [-0.15, -0.1) is 11.3 Å². The molecular weight excluding hydrogens is 372 g/mol. The summed E-state index contributed by atoms with van der Waals surface area (Å²) in [5, 5.41) is 6.78. The lowest BCUT2D eigenvalue weighted by molar-refractivity contribution is -0.121. The molecule has 0 spiro atoms. The smallest absolute Gasteiger partial charge is 0.262 e. The van der Waals surface area contributed by atoms with Gasteiger partial charge in [0.25, 0.3) is 11.5 Å². The van der Waals surface area contributed by atoms with Crippen LogP contribution >= 0.6 is 11.3 Å². The summed E-state index contributed by atoms with van der Waals surface area (Å²) < 4.78 is 1.31. The number of fused-ring (bicyclic) bond motifs is 2. The van der Waals surface area contributed by atoms with Crippen molar-refractivity contribution in [2.24, 2.45) is 5.10 Å². The highest BCUT2D eigenvalue weighted by Crippen LogP contribution is 2.25. The van der Waals surface area contributed by atoms with Crippen LogP contribution in [0, 0.1) is 13.8 Å². The standard InChI is InChI=1S/C21H18N4O2S/c1-13-14(2)28-20-19(13)21(27)25(12-22-20)11-18(26)24-23-10-16-8-5-7-15-6-3-4-9-17(15)16/h3-10,12H,11H2,1-2H3,(H,24,26)/b23-10-. The van der Waals surface area contributed by atoms with Crippen LogP contribution in [0.1, 0.15) is 16.0 Å². The summed E-state index contributed by atoms with van der Waals surface area (Å²) in [5.74, 6) is -0.385. The Labute approximate surface area is 165 Å². The predicted molar refractivity (Wildman–Crippen MR) is 113 cm³/mol. The van der Waals surface area contributed by atoms with E-state index in [4.69, 9.17) is 0 Å². The molecule has 0 unspecified atom stereocenters. The van der Waals surface area contributed by atoms with Crippen molar-refractivity contribution in [2.75, 3.05) is 0 Å². The van der Waals surface area contributed by atoms with Crippen molar-refractivity contribution in [1.82, 2.24) is 15.0 Å². The second-order valence-corrected chi connectivity index (χ2v) is 7.71. The summed E-state index contributed by atoms with van der Waals surface area (Å²) in [6.07, 6.45) is 3.02. The van der Waals surface area contributed by atoms with Crippen molar-refractivity contribution in [1.29, 1.82) is 0 Å². The quantitative estimate of drug-likeness (QED) is 0.429. The number of hydrogen-bond donors (Lipinski definition) is 1. The molecule has 2 heterocycles. The van der Waals surface area contributed by atoms with Gasteiger partial charge in [0.05, 0.1) is 17.9 Å². The molecule has 4 aromatic rings. The topological polar surface area (TPSA) is 76.3 Å². The van der Waals surface area contributed by atoms with Crippen molar-refractivity contribution in [3.63, 3.8) is 0 Å². The first-order valence-corrected chi connectivity index (χ1v) is 9.61. The molecule has 2 aromatic heterocycles. The molecule has 6 nitrogen and oxygen atoms in total. The molecule has 0 aliphatic rings. The summed E-state index contributed by atoms with van der Waals surface area (Å²) in [5.41, 5.74) is 4.10. The van der Waals surface area contributed by atoms with Crippen LogP contribution in [-0.2, 0) is 11.3 Å². The molecule has 0 atom stereocenters. The number of thiophene rings is 1. The van der Waals surface area contributed by atoms with Gasteiger partial charge in [-0.1, -0.05) is 42.5 Å². The number of benzene rings is 2. The van der Waals surface area contributed by atoms with E-state index in [1.54, 1.807) is 6.21 Å². The second-order valence-electron chi connectivity index (χ2n) is 6.50. The zero-order valence-corrected chi connectivity index (χ0v) is 16.3. The molecule has 0 radical (unpaired) electrons. The van der Waals surface area contributed by atoms with E-state index in [-0.39, 0.29) is 18.0 Å². The van der Waals surface area contributed by atoms with E-state index >= 15 is 0 Å². The largest absolute Gasteiger partial charge is 0.289 e. The fourth-order valence-corrected chi connectivity index (χ4v) is 4.10. The number of nitrogens with one attached hydrogen (secondary N) is 1. The van der Waals surface area contributed by atoms with Gasteiger partial charge in [-0.05, 0) is 30.2 Å². The summed E-state index contributed by atoms with van der Waals surface area (Å²) in [6, 6.07) is 13.9. The highest BCUT2D eigenvalue weighted by Gasteiger charge is 2.13. The zero-order valence-electron chi connectivity index (χ0n) is 15.5. The molecule has 7 heteroatoms. The van der Waals surface area contributed by atoms with E-state index in [9.17, 15) is 9.59 Å². The third-order valence-corrected chi connectivity index (χ3v) is 5.80. The fourth-order valence-electron chi connectivity index (χ4n) is 3.11. The summed E-state index contributed by atoms with van der Waals surface area (Å²) in [4.78, 5) is 30.9. The number of carbonyl (C=O) groups is 1. The average Bonchev–Trinajstić information content (AvgIpc) is 2.99. The Kier molecular flexibility index (Phi) is 4.75. The van der Waals surface area contributed by atoms with E-state index in [0.29, 0.717) is 10.2 Å². The Morgan fingerprint density at radius 1 is 1.21 bits per heavy atom. The number of carbonyl (C=O) groups excluding carboxylic acids is 1. The molecule has 0 bridgehead atoms. The van der Waals surface area contributed by atoms with Gasteiger partial charge in [0, 0.05) is 10.4 Å². The maximum atomic E-state index is 12.7. The molecule has 140 valence electrons. The maximum Gasteiger partial charge on any atom is 0.262 e. The molecule has 0 saturated carbocycles. The Morgan fingerprint density at radius 3 is 2.86 bits per heavy atom. The molecule has 1 amide bonds. The third kappa shape index (κ3) is 3.32. The summed E-state index contributed by atoms with van der Waals surface area (Å²) in [6.45, 7) is 3.72. The Morgan fingerprint density at radius 2 is 2.00 bits per heavy atom. The SMILES string of the molecule is Cc1sc2ncn(CC(=O)N/N=C\c3cccc4ccccc34)c(=O)c2c1C. The first-order valence-electron chi connectivity index (χ1n) is 8.79. The average molecular weight is 390 g/mol. The second kappa shape index (κ2) is 7.36. The number of amides is 1. The molecule has 0 aliphatic carbocycles. The molecule has 4 rings (SSSR count). The minimum absolute atomic E-state index is 0.136. The van der Waals surface area contributed by atoms with Crippen LogP contribution in [0.25, 0.3) is 21.0 Å². The van der Waals surface area contributed by atoms with Crippen LogP contribution in [0.15, 0.2) is 58.7 Å². The zero-order chi connectivity index (χ0) is 19.7. The van der Waals surface area contributed by atoms with E-state index in [1.165, 1.54) is 22.2 Å². The first kappa shape index (κ1) is 18.1. The number of hydrazone groups is 1. The monoisotopic (exact) mass is 390 g/mol. The minimum atomic E-state index is -0.385. The maximum absolute atomic E-state index is 12.7. The minimum Gasteiger partial charge on any atom is -0.289 e. The molecule has 1 N–H and O–H groups in total. The van der Waals surface area contributed by atoms with Gasteiger partial charge in [0.2, 0.25) is 0 Å². The highest BCUT2D eigenvalue weighted by atomic mass is 32.1. The van der Waals surface area contributed by atoms with Crippen molar-refractivity contribution in [3.05, 3.63) is 75.1 Å². The molecule has 0 fully saturated rings. The molecule has 0 saturated heterocycles. The van der Waals surface area contributed by atoms with Crippen molar-refractivity contribution in [2.45, 2.75) is 20.4 Å². The number of rotatable bonds is 4. The number of aryl methyl sites for hydroxylation is 2. The van der Waals surface area contributed by atoms with Gasteiger partial charge < -0.3 is 0 Å². The van der Waals surface area contributed by atoms with Gasteiger partial charge in [-0.3, -0.25) is 14.2 Å². The number of aromatic nitrogens is 2. The Bertz CT molecular complexity index is 1280. The van der Waals surface area contributed by atoms with E-state index in [1.807, 2.05) is 56.3 Å². The van der Waals surface area contributed by atoms with Gasteiger partial charge >= 0.3 is 0 Å². The third-order valence-electron chi connectivity index (χ3n) is 4.69. The van der Waals surface area contributed by atoms with Crippen LogP contribution in [0.2, 0.25) is 0 Å². The predicted octanol–water partition coefficient (Wildman–Crippen LogP) is 3.38. The van der Waals surface area contributed by atoms with E-state index in [0.717, 1.165) is 26.8 Å². The van der Waals surface area contributed by atoms with Crippen molar-refractivity contribution >= 4 is 44.4 Å². The van der Waals surface area contributed by atoms with Crippen LogP contribution < -0.4 is 11.0 Å². The van der Waals surface area contributed by atoms with Crippen molar-refractivity contribution < 1.29 is 4.79 Å². The van der Waals surface area contributed by atoms with Gasteiger partial charge in [0.1, 0.15) is 11.4 Å².